The lowest BCUT2D eigenvalue weighted by molar-refractivity contribution is -0.152. The highest BCUT2D eigenvalue weighted by molar-refractivity contribution is 6.73. The van der Waals surface area contributed by atoms with Crippen LogP contribution in [0.2, 0.25) is 18.1 Å². The summed E-state index contributed by atoms with van der Waals surface area (Å²) in [5, 5.41) is 8.54. The van der Waals surface area contributed by atoms with E-state index in [0.717, 1.165) is 18.1 Å². The quantitative estimate of drug-likeness (QED) is 0.377. The number of hydrogen-bond acceptors (Lipinski definition) is 2. The highest BCUT2D eigenvalue weighted by Gasteiger charge is 2.29. The van der Waals surface area contributed by atoms with Gasteiger partial charge < -0.3 is 0 Å². The van der Waals surface area contributed by atoms with Crippen molar-refractivity contribution in [2.75, 3.05) is 0 Å². The van der Waals surface area contributed by atoms with Crippen LogP contribution in [0.5, 0.6) is 0 Å². The van der Waals surface area contributed by atoms with Gasteiger partial charge in [0.15, 0.2) is 0 Å². The van der Waals surface area contributed by atoms with Gasteiger partial charge in [-0.2, -0.15) is 0 Å². The molecule has 0 radical (unpaired) electrons. The predicted molar refractivity (Wildman–Crippen MR) is 40.9 cm³/mol. The van der Waals surface area contributed by atoms with Crippen LogP contribution < -0.4 is 0 Å². The Hall–Kier alpha value is 0.137. The molecule has 0 amide bonds. The highest BCUT2D eigenvalue weighted by Crippen LogP contribution is 2.19. The second-order valence-electron chi connectivity index (χ2n) is 2.33. The minimum atomic E-state index is -1.64. The van der Waals surface area contributed by atoms with Crippen LogP contribution in [0.1, 0.15) is 20.8 Å². The lowest BCUT2D eigenvalue weighted by Crippen LogP contribution is -2.34. The summed E-state index contributed by atoms with van der Waals surface area (Å²) < 4.78 is 4.52. The fraction of sp³-hybridized carbons (Fsp3) is 1.00. The van der Waals surface area contributed by atoms with E-state index >= 15 is 0 Å². The summed E-state index contributed by atoms with van der Waals surface area (Å²) in [6.45, 7) is 6.24. The minimum Gasteiger partial charge on any atom is -0.289 e. The van der Waals surface area contributed by atoms with Crippen LogP contribution in [-0.4, -0.2) is 13.6 Å². The molecular weight excluding hydrogens is 132 g/mol. The van der Waals surface area contributed by atoms with Gasteiger partial charge in [0.2, 0.25) is 8.32 Å². The Morgan fingerprint density at radius 2 is 1.44 bits per heavy atom. The molecule has 0 aromatic carbocycles. The maximum Gasteiger partial charge on any atom is 0.238 e. The Kier molecular flexibility index (Phi) is 4.09. The van der Waals surface area contributed by atoms with Gasteiger partial charge >= 0.3 is 0 Å². The van der Waals surface area contributed by atoms with Crippen LogP contribution in [0.15, 0.2) is 0 Å². The minimum absolute atomic E-state index is 1.01. The van der Waals surface area contributed by atoms with E-state index in [2.05, 4.69) is 25.3 Å². The van der Waals surface area contributed by atoms with Crippen LogP contribution in [-0.2, 0) is 4.58 Å². The molecule has 0 bridgehead atoms. The molecule has 0 fully saturated rings. The first-order valence-electron chi connectivity index (χ1n) is 3.57. The molecule has 56 valence electrons. The van der Waals surface area contributed by atoms with E-state index in [1.165, 1.54) is 0 Å². The summed E-state index contributed by atoms with van der Waals surface area (Å²) >= 11 is 0. The van der Waals surface area contributed by atoms with Gasteiger partial charge in [-0.15, -0.1) is 0 Å². The van der Waals surface area contributed by atoms with Gasteiger partial charge in [0.25, 0.3) is 0 Å². The predicted octanol–water partition coefficient (Wildman–Crippen LogP) is 2.48. The van der Waals surface area contributed by atoms with Crippen LogP contribution in [0.3, 0.4) is 0 Å². The van der Waals surface area contributed by atoms with Crippen molar-refractivity contribution in [2.45, 2.75) is 38.9 Å². The molecule has 0 aliphatic heterocycles. The van der Waals surface area contributed by atoms with Crippen LogP contribution in [0.4, 0.5) is 0 Å². The molecule has 1 N–H and O–H groups in total. The molecule has 0 atom stereocenters. The van der Waals surface area contributed by atoms with Gasteiger partial charge in [-0.3, -0.25) is 9.83 Å². The van der Waals surface area contributed by atoms with Crippen molar-refractivity contribution < 1.29 is 9.83 Å². The zero-order valence-corrected chi connectivity index (χ0v) is 7.48. The fourth-order valence-electron chi connectivity index (χ4n) is 0.944. The largest absolute Gasteiger partial charge is 0.289 e. The molecule has 0 aliphatic rings. The second kappa shape index (κ2) is 4.03. The van der Waals surface area contributed by atoms with Crippen LogP contribution in [0, 0.1) is 0 Å². The van der Waals surface area contributed by atoms with Gasteiger partial charge in [-0.1, -0.05) is 20.8 Å². The molecular formula is C6H16O2Si. The average Bonchev–Trinajstić information content (AvgIpc) is 1.95. The molecule has 0 aromatic heterocycles. The topological polar surface area (TPSA) is 29.5 Å². The molecule has 0 spiro atoms. The first kappa shape index (κ1) is 9.14. The molecule has 0 rings (SSSR count). The molecule has 0 saturated carbocycles. The highest BCUT2D eigenvalue weighted by atomic mass is 28.4. The van der Waals surface area contributed by atoms with Gasteiger partial charge in [-0.25, -0.2) is 0 Å². The molecule has 0 aliphatic carbocycles. The molecule has 0 aromatic rings. The van der Waals surface area contributed by atoms with Gasteiger partial charge in [0.1, 0.15) is 0 Å². The monoisotopic (exact) mass is 148 g/mol. The first-order valence-corrected chi connectivity index (χ1v) is 6.10. The zero-order chi connectivity index (χ0) is 7.33. The molecule has 9 heavy (non-hydrogen) atoms. The second-order valence-corrected chi connectivity index (χ2v) is 7.00. The third-order valence-corrected chi connectivity index (χ3v) is 6.38. The Morgan fingerprint density at radius 3 is 1.44 bits per heavy atom. The van der Waals surface area contributed by atoms with E-state index < -0.39 is 8.32 Å². The van der Waals surface area contributed by atoms with Gasteiger partial charge in [0.05, 0.1) is 0 Å². The molecule has 0 heterocycles. The summed E-state index contributed by atoms with van der Waals surface area (Å²) in [5.41, 5.74) is 0. The lowest BCUT2D eigenvalue weighted by atomic mass is 10.9. The Bertz CT molecular complexity index is 53.9. The first-order chi connectivity index (χ1) is 4.24. The third kappa shape index (κ3) is 2.08. The zero-order valence-electron chi connectivity index (χ0n) is 6.48. The Labute approximate surface area is 57.9 Å². The molecule has 3 heteroatoms. The number of rotatable bonds is 4. The Balaban J connectivity index is 3.82. The third-order valence-electron chi connectivity index (χ3n) is 2.13. The molecule has 0 saturated heterocycles. The van der Waals surface area contributed by atoms with Crippen molar-refractivity contribution in [3.8, 4) is 0 Å². The summed E-state index contributed by atoms with van der Waals surface area (Å²) in [6.07, 6.45) is 0. The maximum absolute atomic E-state index is 8.54. The van der Waals surface area contributed by atoms with Crippen molar-refractivity contribution in [1.29, 1.82) is 0 Å². The van der Waals surface area contributed by atoms with E-state index in [0.29, 0.717) is 0 Å². The van der Waals surface area contributed by atoms with Crippen molar-refractivity contribution in [3.05, 3.63) is 0 Å². The van der Waals surface area contributed by atoms with Crippen molar-refractivity contribution >= 4 is 8.32 Å². The summed E-state index contributed by atoms with van der Waals surface area (Å²) in [5.74, 6) is 0. The van der Waals surface area contributed by atoms with Crippen LogP contribution in [0.25, 0.3) is 0 Å². The van der Waals surface area contributed by atoms with Crippen molar-refractivity contribution in [1.82, 2.24) is 0 Å². The smallest absolute Gasteiger partial charge is 0.238 e. The van der Waals surface area contributed by atoms with E-state index in [4.69, 9.17) is 5.26 Å². The standard InChI is InChI=1S/C6H16O2Si/c1-4-9(5-2,6-3)8-7/h7H,4-6H2,1-3H3. The molecule has 2 nitrogen and oxygen atoms in total. The normalized spacial score (nSPS) is 12.0. The molecule has 0 unspecified atom stereocenters. The van der Waals surface area contributed by atoms with Gasteiger partial charge in [-0.05, 0) is 18.1 Å². The lowest BCUT2D eigenvalue weighted by Gasteiger charge is -2.21. The Morgan fingerprint density at radius 1 is 1.11 bits per heavy atom. The van der Waals surface area contributed by atoms with Crippen molar-refractivity contribution in [3.63, 3.8) is 0 Å². The fourth-order valence-corrected chi connectivity index (χ4v) is 2.83. The SMILES string of the molecule is CC[Si](CC)(CC)OO. The van der Waals surface area contributed by atoms with Crippen molar-refractivity contribution in [2.24, 2.45) is 0 Å². The van der Waals surface area contributed by atoms with E-state index in [1.54, 1.807) is 0 Å². The summed E-state index contributed by atoms with van der Waals surface area (Å²) in [6, 6.07) is 3.03. The van der Waals surface area contributed by atoms with E-state index in [9.17, 15) is 0 Å². The van der Waals surface area contributed by atoms with E-state index in [-0.39, 0.29) is 0 Å². The summed E-state index contributed by atoms with van der Waals surface area (Å²) in [7, 11) is -1.64. The maximum atomic E-state index is 8.54. The summed E-state index contributed by atoms with van der Waals surface area (Å²) in [4.78, 5) is 0. The number of hydrogen-bond donors (Lipinski definition) is 1. The van der Waals surface area contributed by atoms with Gasteiger partial charge in [0, 0.05) is 0 Å². The van der Waals surface area contributed by atoms with Crippen LogP contribution >= 0.6 is 0 Å². The average molecular weight is 148 g/mol. The van der Waals surface area contributed by atoms with E-state index in [1.807, 2.05) is 0 Å².